The average Bonchev–Trinajstić information content (AvgIpc) is 3.21. The van der Waals surface area contributed by atoms with E-state index < -0.39 is 5.54 Å². The second kappa shape index (κ2) is 14.8. The first-order valence-electron chi connectivity index (χ1n) is 19.3. The fraction of sp³-hybridized carbons (Fsp3) is 0.231. The maximum Gasteiger partial charge on any atom is 0.130 e. The van der Waals surface area contributed by atoms with Crippen molar-refractivity contribution in [3.8, 4) is 33.8 Å². The number of methoxy groups -OCH3 is 2. The minimum Gasteiger partial charge on any atom is -0.496 e. The van der Waals surface area contributed by atoms with Crippen LogP contribution in [0.3, 0.4) is 0 Å². The van der Waals surface area contributed by atoms with Gasteiger partial charge in [0.2, 0.25) is 0 Å². The van der Waals surface area contributed by atoms with E-state index in [-0.39, 0.29) is 10.8 Å². The number of allylic oxidation sites excluding steroid dienone is 2. The molecule has 0 aliphatic carbocycles. The summed E-state index contributed by atoms with van der Waals surface area (Å²) in [5, 5.41) is 4.02. The molecule has 0 radical (unpaired) electrons. The predicted octanol–water partition coefficient (Wildman–Crippen LogP) is 12.7. The van der Waals surface area contributed by atoms with Gasteiger partial charge in [-0.1, -0.05) is 161 Å². The van der Waals surface area contributed by atoms with E-state index in [1.54, 1.807) is 14.2 Å². The van der Waals surface area contributed by atoms with Crippen LogP contribution in [0.2, 0.25) is 0 Å². The molecule has 3 heteroatoms. The standard InChI is InChI=1S/C52H53NO2/c1-35-31-42(48(54-8)45(33-35)50(3,4)37-21-12-10-13-22-37)39-25-16-17-27-41(39)47-29-20-30-52(7,53-47)44-28-19-18-26-40(44)43-32-36(2)34-46(49(43)55-9)51(5,6)38-23-14-11-15-24-38/h10-34,53H,1-9H3. The number of benzene rings is 6. The fourth-order valence-corrected chi connectivity index (χ4v) is 8.47. The molecule has 0 spiro atoms. The summed E-state index contributed by atoms with van der Waals surface area (Å²) in [6.07, 6.45) is 6.64. The largest absolute Gasteiger partial charge is 0.496 e. The van der Waals surface area contributed by atoms with Gasteiger partial charge in [-0.05, 0) is 77.9 Å². The first kappa shape index (κ1) is 37.5. The number of dihydropyridines is 1. The van der Waals surface area contributed by atoms with Gasteiger partial charge in [0.05, 0.1) is 19.8 Å². The molecule has 0 saturated carbocycles. The van der Waals surface area contributed by atoms with Gasteiger partial charge in [0.25, 0.3) is 0 Å². The van der Waals surface area contributed by atoms with Crippen molar-refractivity contribution in [1.82, 2.24) is 5.32 Å². The normalized spacial score (nSPS) is 15.6. The van der Waals surface area contributed by atoms with Crippen LogP contribution in [0, 0.1) is 13.8 Å². The predicted molar refractivity (Wildman–Crippen MR) is 231 cm³/mol. The van der Waals surface area contributed by atoms with Gasteiger partial charge in [-0.2, -0.15) is 0 Å². The number of aryl methyl sites for hydroxylation is 2. The van der Waals surface area contributed by atoms with Gasteiger partial charge in [-0.3, -0.25) is 0 Å². The number of nitrogens with one attached hydrogen (secondary N) is 1. The minimum atomic E-state index is -0.533. The quantitative estimate of drug-likeness (QED) is 0.153. The van der Waals surface area contributed by atoms with Crippen LogP contribution < -0.4 is 14.8 Å². The van der Waals surface area contributed by atoms with Crippen molar-refractivity contribution in [1.29, 1.82) is 0 Å². The Morgan fingerprint density at radius 3 is 1.45 bits per heavy atom. The highest BCUT2D eigenvalue weighted by Crippen LogP contribution is 2.48. The fourth-order valence-electron chi connectivity index (χ4n) is 8.47. The molecule has 0 bridgehead atoms. The summed E-state index contributed by atoms with van der Waals surface area (Å²) < 4.78 is 12.7. The zero-order chi connectivity index (χ0) is 39.0. The van der Waals surface area contributed by atoms with Crippen molar-refractivity contribution in [3.05, 3.63) is 196 Å². The lowest BCUT2D eigenvalue weighted by molar-refractivity contribution is 0.402. The third-order valence-corrected chi connectivity index (χ3v) is 11.6. The highest BCUT2D eigenvalue weighted by Gasteiger charge is 2.34. The van der Waals surface area contributed by atoms with Gasteiger partial charge >= 0.3 is 0 Å². The van der Waals surface area contributed by atoms with Crippen LogP contribution >= 0.6 is 0 Å². The Labute approximate surface area is 328 Å². The Morgan fingerprint density at radius 1 is 0.509 bits per heavy atom. The maximum atomic E-state index is 6.36. The zero-order valence-electron chi connectivity index (χ0n) is 33.8. The van der Waals surface area contributed by atoms with Gasteiger partial charge < -0.3 is 14.8 Å². The lowest BCUT2D eigenvalue weighted by Gasteiger charge is -2.36. The molecule has 3 nitrogen and oxygen atoms in total. The van der Waals surface area contributed by atoms with Crippen LogP contribution in [0.25, 0.3) is 28.0 Å². The van der Waals surface area contributed by atoms with Gasteiger partial charge in [-0.25, -0.2) is 0 Å². The Balaban J connectivity index is 1.32. The third kappa shape index (κ3) is 6.89. The topological polar surface area (TPSA) is 30.5 Å². The molecule has 6 aromatic carbocycles. The van der Waals surface area contributed by atoms with E-state index in [1.807, 2.05) is 0 Å². The van der Waals surface area contributed by atoms with Crippen molar-refractivity contribution in [3.63, 3.8) is 0 Å². The second-order valence-electron chi connectivity index (χ2n) is 16.1. The summed E-state index contributed by atoms with van der Waals surface area (Å²) in [6.45, 7) is 15.8. The van der Waals surface area contributed by atoms with Crippen molar-refractivity contribution in [2.24, 2.45) is 0 Å². The average molecular weight is 724 g/mol. The third-order valence-electron chi connectivity index (χ3n) is 11.6. The molecular weight excluding hydrogens is 671 g/mol. The van der Waals surface area contributed by atoms with E-state index in [9.17, 15) is 0 Å². The number of rotatable bonds is 10. The van der Waals surface area contributed by atoms with Crippen molar-refractivity contribution in [2.75, 3.05) is 14.2 Å². The molecule has 1 unspecified atom stereocenters. The minimum absolute atomic E-state index is 0.275. The summed E-state index contributed by atoms with van der Waals surface area (Å²) in [5.41, 5.74) is 13.9. The summed E-state index contributed by atoms with van der Waals surface area (Å²) in [4.78, 5) is 0. The van der Waals surface area contributed by atoms with Gasteiger partial charge in [0, 0.05) is 44.3 Å². The molecule has 1 aliphatic rings. The molecule has 55 heavy (non-hydrogen) atoms. The molecular formula is C52H53NO2. The highest BCUT2D eigenvalue weighted by atomic mass is 16.5. The number of hydrogen-bond donors (Lipinski definition) is 1. The molecule has 278 valence electrons. The summed E-state index contributed by atoms with van der Waals surface area (Å²) in [7, 11) is 3.59. The van der Waals surface area contributed by atoms with Crippen LogP contribution in [0.1, 0.15) is 79.1 Å². The van der Waals surface area contributed by atoms with Gasteiger partial charge in [0.1, 0.15) is 11.5 Å². The highest BCUT2D eigenvalue weighted by molar-refractivity contribution is 5.87. The Kier molecular flexibility index (Phi) is 10.1. The molecule has 1 heterocycles. The lowest BCUT2D eigenvalue weighted by atomic mass is 9.75. The number of hydrogen-bond acceptors (Lipinski definition) is 3. The lowest BCUT2D eigenvalue weighted by Crippen LogP contribution is -2.38. The summed E-state index contributed by atoms with van der Waals surface area (Å²) in [5.74, 6) is 1.80. The van der Waals surface area contributed by atoms with Crippen LogP contribution in [0.4, 0.5) is 0 Å². The van der Waals surface area contributed by atoms with Gasteiger partial charge in [0.15, 0.2) is 0 Å². The summed E-state index contributed by atoms with van der Waals surface area (Å²) in [6, 6.07) is 47.9. The monoisotopic (exact) mass is 723 g/mol. The van der Waals surface area contributed by atoms with E-state index in [0.717, 1.165) is 50.6 Å². The van der Waals surface area contributed by atoms with Crippen molar-refractivity contribution in [2.45, 2.75) is 64.8 Å². The Morgan fingerprint density at radius 2 is 0.945 bits per heavy atom. The first-order valence-corrected chi connectivity index (χ1v) is 19.3. The molecule has 0 saturated heterocycles. The van der Waals surface area contributed by atoms with Crippen LogP contribution in [-0.4, -0.2) is 14.2 Å². The Hall–Kier alpha value is -5.80. The van der Waals surface area contributed by atoms with Gasteiger partial charge in [-0.15, -0.1) is 0 Å². The molecule has 0 amide bonds. The first-order chi connectivity index (χ1) is 26.4. The van der Waals surface area contributed by atoms with E-state index in [4.69, 9.17) is 9.47 Å². The zero-order valence-corrected chi connectivity index (χ0v) is 33.8. The van der Waals surface area contributed by atoms with E-state index in [1.165, 1.54) is 33.4 Å². The molecule has 1 aliphatic heterocycles. The Bertz CT molecular complexity index is 2400. The molecule has 0 aromatic heterocycles. The maximum absolute atomic E-state index is 6.36. The second-order valence-corrected chi connectivity index (χ2v) is 16.1. The number of ether oxygens (including phenoxy) is 2. The molecule has 1 N–H and O–H groups in total. The SMILES string of the molecule is COc1c(-c2ccccc2C2=CC=CC(C)(c3ccccc3-c3cc(C)cc(C(C)(C)c4ccccc4)c3OC)N2)cc(C)cc1C(C)(C)c1ccccc1. The van der Waals surface area contributed by atoms with E-state index in [0.29, 0.717) is 0 Å². The molecule has 1 atom stereocenters. The molecule has 0 fully saturated rings. The van der Waals surface area contributed by atoms with Crippen molar-refractivity contribution >= 4 is 5.70 Å². The molecule has 6 aromatic rings. The van der Waals surface area contributed by atoms with E-state index >= 15 is 0 Å². The summed E-state index contributed by atoms with van der Waals surface area (Å²) >= 11 is 0. The van der Waals surface area contributed by atoms with E-state index in [2.05, 4.69) is 205 Å². The smallest absolute Gasteiger partial charge is 0.130 e. The van der Waals surface area contributed by atoms with Crippen LogP contribution in [0.15, 0.2) is 152 Å². The van der Waals surface area contributed by atoms with Crippen LogP contribution in [-0.2, 0) is 16.4 Å². The van der Waals surface area contributed by atoms with Crippen molar-refractivity contribution < 1.29 is 9.47 Å². The molecule has 7 rings (SSSR count). The van der Waals surface area contributed by atoms with Crippen LogP contribution in [0.5, 0.6) is 11.5 Å².